The van der Waals surface area contributed by atoms with Crippen molar-refractivity contribution < 1.29 is 9.59 Å². The fraction of sp³-hybridized carbons (Fsp3) is 0.500. The van der Waals surface area contributed by atoms with Gasteiger partial charge in [-0.25, -0.2) is 0 Å². The summed E-state index contributed by atoms with van der Waals surface area (Å²) in [5.74, 6) is 0.0253. The lowest BCUT2D eigenvalue weighted by atomic mass is 9.81. The van der Waals surface area contributed by atoms with Gasteiger partial charge in [0.1, 0.15) is 0 Å². The maximum absolute atomic E-state index is 12.9. The van der Waals surface area contributed by atoms with Crippen molar-refractivity contribution in [3.05, 3.63) is 44.3 Å². The molecular formula is C20H22N2O2S2. The summed E-state index contributed by atoms with van der Waals surface area (Å²) < 4.78 is 0. The minimum absolute atomic E-state index is 0.0575. The van der Waals surface area contributed by atoms with E-state index in [0.29, 0.717) is 6.67 Å². The first-order valence-corrected chi connectivity index (χ1v) is 11.2. The Morgan fingerprint density at radius 1 is 1.00 bits per heavy atom. The highest BCUT2D eigenvalue weighted by Crippen LogP contribution is 2.42. The minimum Gasteiger partial charge on any atom is -0.274 e. The number of amides is 2. The van der Waals surface area contributed by atoms with Gasteiger partial charge in [0.15, 0.2) is 0 Å². The van der Waals surface area contributed by atoms with Crippen LogP contribution < -0.4 is 0 Å². The van der Waals surface area contributed by atoms with Crippen LogP contribution in [0, 0.1) is 11.8 Å². The molecular weight excluding hydrogens is 364 g/mol. The van der Waals surface area contributed by atoms with Crippen LogP contribution in [0.3, 0.4) is 0 Å². The molecule has 2 amide bonds. The average Bonchev–Trinajstić information content (AvgIpc) is 3.39. The van der Waals surface area contributed by atoms with Gasteiger partial charge in [-0.1, -0.05) is 18.9 Å². The van der Waals surface area contributed by atoms with E-state index in [9.17, 15) is 9.59 Å². The zero-order valence-electron chi connectivity index (χ0n) is 14.6. The van der Waals surface area contributed by atoms with Crippen molar-refractivity contribution in [3.8, 4) is 0 Å². The number of imide groups is 1. The van der Waals surface area contributed by atoms with E-state index in [4.69, 9.17) is 0 Å². The molecule has 2 aliphatic heterocycles. The lowest BCUT2D eigenvalue weighted by Crippen LogP contribution is -2.45. The van der Waals surface area contributed by atoms with Gasteiger partial charge in [-0.2, -0.15) is 0 Å². The number of carbonyl (C=O) groups is 2. The van der Waals surface area contributed by atoms with Crippen molar-refractivity contribution in [3.63, 3.8) is 0 Å². The topological polar surface area (TPSA) is 40.6 Å². The van der Waals surface area contributed by atoms with E-state index in [-0.39, 0.29) is 29.7 Å². The molecule has 6 heteroatoms. The van der Waals surface area contributed by atoms with E-state index < -0.39 is 0 Å². The zero-order valence-corrected chi connectivity index (χ0v) is 16.2. The number of hydrogen-bond donors (Lipinski definition) is 0. The molecule has 0 unspecified atom stereocenters. The maximum atomic E-state index is 12.9. The van der Waals surface area contributed by atoms with Gasteiger partial charge in [0.2, 0.25) is 11.8 Å². The molecule has 5 rings (SSSR count). The van der Waals surface area contributed by atoms with Gasteiger partial charge in [-0.05, 0) is 47.7 Å². The summed E-state index contributed by atoms with van der Waals surface area (Å²) in [6, 6.07) is 6.62. The SMILES string of the molecule is O=C1[C@H]2CCCC[C@H]2C(=O)N1CN1CCc2sccc2[C@@H]1c1cccs1. The molecule has 136 valence electrons. The van der Waals surface area contributed by atoms with E-state index in [2.05, 4.69) is 33.9 Å². The Morgan fingerprint density at radius 2 is 1.77 bits per heavy atom. The first kappa shape index (κ1) is 16.7. The fourth-order valence-electron chi connectivity index (χ4n) is 4.85. The van der Waals surface area contributed by atoms with E-state index in [1.54, 1.807) is 16.2 Å². The standard InChI is InChI=1S/C20H22N2O2S2/c23-19-13-4-1-2-5-14(13)20(24)22(19)12-21-9-7-16-15(8-11-26-16)18(21)17-6-3-10-25-17/h3,6,8,10-11,13-14,18H,1-2,4-5,7,9,12H2/t13-,14+,18-/m1/s1. The molecule has 1 saturated carbocycles. The van der Waals surface area contributed by atoms with Gasteiger partial charge < -0.3 is 0 Å². The van der Waals surface area contributed by atoms with Crippen LogP contribution in [0.1, 0.15) is 47.0 Å². The molecule has 0 N–H and O–H groups in total. The summed E-state index contributed by atoms with van der Waals surface area (Å²) in [6.07, 6.45) is 4.92. The first-order chi connectivity index (χ1) is 12.7. The second-order valence-corrected chi connectivity index (χ2v) is 9.50. The van der Waals surface area contributed by atoms with Crippen molar-refractivity contribution in [2.75, 3.05) is 13.2 Å². The smallest absolute Gasteiger partial charge is 0.234 e. The van der Waals surface area contributed by atoms with E-state index in [0.717, 1.165) is 38.6 Å². The summed E-state index contributed by atoms with van der Waals surface area (Å²) in [7, 11) is 0. The van der Waals surface area contributed by atoms with Crippen LogP contribution in [0.2, 0.25) is 0 Å². The molecule has 4 nitrogen and oxygen atoms in total. The molecule has 1 saturated heterocycles. The number of nitrogens with zero attached hydrogens (tertiary/aromatic N) is 2. The van der Waals surface area contributed by atoms with Crippen LogP contribution in [0.25, 0.3) is 0 Å². The normalized spacial score (nSPS) is 29.1. The van der Waals surface area contributed by atoms with Gasteiger partial charge >= 0.3 is 0 Å². The second kappa shape index (κ2) is 6.59. The lowest BCUT2D eigenvalue weighted by Gasteiger charge is -2.37. The van der Waals surface area contributed by atoms with E-state index >= 15 is 0 Å². The van der Waals surface area contributed by atoms with Gasteiger partial charge in [0.25, 0.3) is 0 Å². The van der Waals surface area contributed by atoms with Gasteiger partial charge in [0, 0.05) is 16.3 Å². The molecule has 0 spiro atoms. The van der Waals surface area contributed by atoms with Crippen molar-refractivity contribution in [1.82, 2.24) is 9.80 Å². The molecule has 0 radical (unpaired) electrons. The van der Waals surface area contributed by atoms with Crippen LogP contribution in [-0.4, -0.2) is 34.8 Å². The molecule has 3 atom stereocenters. The highest BCUT2D eigenvalue weighted by molar-refractivity contribution is 7.10. The number of hydrogen-bond acceptors (Lipinski definition) is 5. The Bertz CT molecular complexity index is 805. The highest BCUT2D eigenvalue weighted by atomic mass is 32.1. The second-order valence-electron chi connectivity index (χ2n) is 7.52. The quantitative estimate of drug-likeness (QED) is 0.752. The monoisotopic (exact) mass is 386 g/mol. The third-order valence-electron chi connectivity index (χ3n) is 6.13. The summed E-state index contributed by atoms with van der Waals surface area (Å²) in [4.78, 5) is 32.4. The molecule has 26 heavy (non-hydrogen) atoms. The Hall–Kier alpha value is -1.50. The largest absolute Gasteiger partial charge is 0.274 e. The Kier molecular flexibility index (Phi) is 4.22. The molecule has 1 aliphatic carbocycles. The number of likely N-dealkylation sites (tertiary alicyclic amines) is 1. The fourth-order valence-corrected chi connectivity index (χ4v) is 6.63. The Morgan fingerprint density at radius 3 is 2.46 bits per heavy atom. The van der Waals surface area contributed by atoms with Gasteiger partial charge in [0.05, 0.1) is 24.5 Å². The molecule has 0 aromatic carbocycles. The maximum Gasteiger partial charge on any atom is 0.234 e. The van der Waals surface area contributed by atoms with Crippen molar-refractivity contribution in [2.45, 2.75) is 38.1 Å². The first-order valence-electron chi connectivity index (χ1n) is 9.43. The molecule has 2 aromatic rings. The van der Waals surface area contributed by atoms with Crippen molar-refractivity contribution in [1.29, 1.82) is 0 Å². The van der Waals surface area contributed by atoms with Crippen molar-refractivity contribution in [2.24, 2.45) is 11.8 Å². The third-order valence-corrected chi connectivity index (χ3v) is 8.06. The summed E-state index contributed by atoms with van der Waals surface area (Å²) >= 11 is 3.57. The summed E-state index contributed by atoms with van der Waals surface area (Å²) in [5.41, 5.74) is 1.35. The Balaban J connectivity index is 1.44. The number of rotatable bonds is 3. The molecule has 3 aliphatic rings. The molecule has 0 bridgehead atoms. The van der Waals surface area contributed by atoms with Crippen molar-refractivity contribution >= 4 is 34.5 Å². The predicted octanol–water partition coefficient (Wildman–Crippen LogP) is 3.89. The minimum atomic E-state index is -0.0575. The van der Waals surface area contributed by atoms with E-state index in [1.807, 2.05) is 11.3 Å². The van der Waals surface area contributed by atoms with Crippen LogP contribution in [0.4, 0.5) is 0 Å². The zero-order chi connectivity index (χ0) is 17.7. The molecule has 4 heterocycles. The third kappa shape index (κ3) is 2.58. The average molecular weight is 387 g/mol. The van der Waals surface area contributed by atoms with Crippen LogP contribution in [-0.2, 0) is 16.0 Å². The molecule has 2 fully saturated rings. The van der Waals surface area contributed by atoms with Gasteiger partial charge in [-0.15, -0.1) is 22.7 Å². The lowest BCUT2D eigenvalue weighted by molar-refractivity contribution is -0.143. The van der Waals surface area contributed by atoms with Crippen LogP contribution in [0.5, 0.6) is 0 Å². The number of thiophene rings is 2. The summed E-state index contributed by atoms with van der Waals surface area (Å²) in [6.45, 7) is 1.32. The van der Waals surface area contributed by atoms with Crippen LogP contribution >= 0.6 is 22.7 Å². The molecule has 2 aromatic heterocycles. The summed E-state index contributed by atoms with van der Waals surface area (Å²) in [5, 5.41) is 4.27. The van der Waals surface area contributed by atoms with E-state index in [1.165, 1.54) is 15.3 Å². The van der Waals surface area contributed by atoms with Gasteiger partial charge in [-0.3, -0.25) is 19.4 Å². The highest BCUT2D eigenvalue weighted by Gasteiger charge is 2.49. The van der Waals surface area contributed by atoms with Crippen LogP contribution in [0.15, 0.2) is 29.0 Å². The number of carbonyl (C=O) groups excluding carboxylic acids is 2. The number of fused-ring (bicyclic) bond motifs is 2. The predicted molar refractivity (Wildman–Crippen MR) is 103 cm³/mol. The Labute approximate surface area is 161 Å².